The smallest absolute Gasteiger partial charge is 0.255 e. The van der Waals surface area contributed by atoms with Crippen molar-refractivity contribution in [1.29, 1.82) is 0 Å². The molecule has 1 aromatic heterocycles. The highest BCUT2D eigenvalue weighted by atomic mass is 79.9. The van der Waals surface area contributed by atoms with Crippen LogP contribution in [0.3, 0.4) is 0 Å². The van der Waals surface area contributed by atoms with E-state index in [0.717, 1.165) is 28.8 Å². The zero-order chi connectivity index (χ0) is 19.3. The molecule has 146 valence electrons. The molecule has 0 saturated carbocycles. The number of aromatic nitrogens is 1. The number of nitrogens with zero attached hydrogens (tertiary/aromatic N) is 1. The molecule has 0 radical (unpaired) electrons. The number of ether oxygens (including phenoxy) is 1. The normalized spacial score (nSPS) is 10.2. The summed E-state index contributed by atoms with van der Waals surface area (Å²) in [5.41, 5.74) is 2.62. The number of carbonyl (C=O) groups excluding carboxylic acids is 1. The van der Waals surface area contributed by atoms with E-state index >= 15 is 0 Å². The number of rotatable bonds is 5. The molecule has 1 amide bonds. The zero-order valence-corrected chi connectivity index (χ0v) is 17.6. The highest BCUT2D eigenvalue weighted by molar-refractivity contribution is 6.06. The standard InChI is InChI=1S/C24H20N2O2.BrH/c1-28-23-10-9-19-15-21(8-7-20(19)16-23)24(27)25-22-11-13-26(14-12-22)17-18-5-3-2-4-6-18;/h2-16H,17H2,1H3;1H. The summed E-state index contributed by atoms with van der Waals surface area (Å²) in [4.78, 5) is 12.6. The van der Waals surface area contributed by atoms with Crippen molar-refractivity contribution in [3.8, 4) is 5.75 Å². The lowest BCUT2D eigenvalue weighted by molar-refractivity contribution is -0.688. The lowest BCUT2D eigenvalue weighted by Gasteiger charge is -2.07. The summed E-state index contributed by atoms with van der Waals surface area (Å²) in [6, 6.07) is 25.6. The minimum Gasteiger partial charge on any atom is -1.00 e. The minimum atomic E-state index is -0.126. The number of anilines is 1. The first kappa shape index (κ1) is 20.6. The Balaban J connectivity index is 0.00000240. The van der Waals surface area contributed by atoms with Crippen LogP contribution in [0.2, 0.25) is 0 Å². The van der Waals surface area contributed by atoms with Crippen molar-refractivity contribution in [2.24, 2.45) is 0 Å². The van der Waals surface area contributed by atoms with E-state index in [1.54, 1.807) is 7.11 Å². The fraction of sp³-hybridized carbons (Fsp3) is 0.0833. The van der Waals surface area contributed by atoms with Gasteiger partial charge in [-0.3, -0.25) is 4.79 Å². The molecule has 0 aliphatic heterocycles. The third-order valence-electron chi connectivity index (χ3n) is 4.67. The van der Waals surface area contributed by atoms with Crippen LogP contribution in [0.5, 0.6) is 5.75 Å². The molecule has 29 heavy (non-hydrogen) atoms. The second-order valence-electron chi connectivity index (χ2n) is 6.63. The van der Waals surface area contributed by atoms with E-state index < -0.39 is 0 Å². The van der Waals surface area contributed by atoms with Crippen LogP contribution in [-0.2, 0) is 6.54 Å². The van der Waals surface area contributed by atoms with Gasteiger partial charge in [0, 0.05) is 23.3 Å². The molecular weight excluding hydrogens is 428 g/mol. The van der Waals surface area contributed by atoms with E-state index in [1.807, 2.05) is 79.1 Å². The third kappa shape index (κ3) is 5.00. The van der Waals surface area contributed by atoms with Gasteiger partial charge in [0.15, 0.2) is 18.9 Å². The Morgan fingerprint density at radius 1 is 0.897 bits per heavy atom. The number of amides is 1. The van der Waals surface area contributed by atoms with Crippen molar-refractivity contribution >= 4 is 22.4 Å². The zero-order valence-electron chi connectivity index (χ0n) is 16.0. The largest absolute Gasteiger partial charge is 1.00 e. The fourth-order valence-electron chi connectivity index (χ4n) is 3.14. The van der Waals surface area contributed by atoms with E-state index in [4.69, 9.17) is 4.74 Å². The lowest BCUT2D eigenvalue weighted by atomic mass is 10.1. The van der Waals surface area contributed by atoms with Gasteiger partial charge in [-0.25, -0.2) is 4.57 Å². The number of nitrogens with one attached hydrogen (secondary N) is 1. The molecule has 4 nitrogen and oxygen atoms in total. The van der Waals surface area contributed by atoms with E-state index in [0.29, 0.717) is 5.56 Å². The summed E-state index contributed by atoms with van der Waals surface area (Å²) in [5, 5.41) is 5.00. The van der Waals surface area contributed by atoms with Crippen LogP contribution in [0.1, 0.15) is 15.9 Å². The van der Waals surface area contributed by atoms with Crippen LogP contribution in [0.25, 0.3) is 10.8 Å². The van der Waals surface area contributed by atoms with Gasteiger partial charge >= 0.3 is 0 Å². The predicted octanol–water partition coefficient (Wildman–Crippen LogP) is 1.44. The van der Waals surface area contributed by atoms with Crippen molar-refractivity contribution in [3.05, 3.63) is 102 Å². The molecule has 0 unspecified atom stereocenters. The molecule has 0 atom stereocenters. The fourth-order valence-corrected chi connectivity index (χ4v) is 3.14. The average molecular weight is 449 g/mol. The molecule has 4 rings (SSSR count). The monoisotopic (exact) mass is 448 g/mol. The van der Waals surface area contributed by atoms with Crippen molar-refractivity contribution in [3.63, 3.8) is 0 Å². The van der Waals surface area contributed by atoms with Gasteiger partial charge < -0.3 is 27.0 Å². The number of benzene rings is 3. The minimum absolute atomic E-state index is 0. The molecule has 0 fully saturated rings. The molecule has 0 spiro atoms. The summed E-state index contributed by atoms with van der Waals surface area (Å²) < 4.78 is 7.32. The van der Waals surface area contributed by atoms with Crippen molar-refractivity contribution in [2.75, 3.05) is 12.4 Å². The highest BCUT2D eigenvalue weighted by Crippen LogP contribution is 2.22. The third-order valence-corrected chi connectivity index (χ3v) is 4.67. The summed E-state index contributed by atoms with van der Waals surface area (Å²) >= 11 is 0. The van der Waals surface area contributed by atoms with E-state index in [1.165, 1.54) is 5.56 Å². The maximum absolute atomic E-state index is 12.6. The lowest BCUT2D eigenvalue weighted by Crippen LogP contribution is -3.00. The molecule has 4 aromatic rings. The van der Waals surface area contributed by atoms with Crippen LogP contribution in [0, 0.1) is 0 Å². The second kappa shape index (κ2) is 9.34. The van der Waals surface area contributed by atoms with Crippen LogP contribution in [0.15, 0.2) is 91.3 Å². The van der Waals surface area contributed by atoms with Gasteiger partial charge in [-0.1, -0.05) is 42.5 Å². The first-order valence-electron chi connectivity index (χ1n) is 9.13. The quantitative estimate of drug-likeness (QED) is 0.469. The van der Waals surface area contributed by atoms with Crippen LogP contribution in [0.4, 0.5) is 5.69 Å². The van der Waals surface area contributed by atoms with Gasteiger partial charge in [0.05, 0.1) is 12.8 Å². The Morgan fingerprint density at radius 3 is 2.31 bits per heavy atom. The Labute approximate surface area is 180 Å². The van der Waals surface area contributed by atoms with Gasteiger partial charge in [-0.15, -0.1) is 0 Å². The Bertz CT molecular complexity index is 1110. The Morgan fingerprint density at radius 2 is 1.59 bits per heavy atom. The Kier molecular flexibility index (Phi) is 6.62. The van der Waals surface area contributed by atoms with Crippen molar-refractivity contribution in [2.45, 2.75) is 6.54 Å². The average Bonchev–Trinajstić information content (AvgIpc) is 2.75. The summed E-state index contributed by atoms with van der Waals surface area (Å²) in [6.07, 6.45) is 3.94. The maximum atomic E-state index is 12.6. The van der Waals surface area contributed by atoms with E-state index in [2.05, 4.69) is 22.0 Å². The number of fused-ring (bicyclic) bond motifs is 1. The van der Waals surface area contributed by atoms with Crippen LogP contribution >= 0.6 is 0 Å². The maximum Gasteiger partial charge on any atom is 0.255 e. The van der Waals surface area contributed by atoms with Gasteiger partial charge in [0.25, 0.3) is 5.91 Å². The number of hydrogen-bond acceptors (Lipinski definition) is 2. The summed E-state index contributed by atoms with van der Waals surface area (Å²) in [6.45, 7) is 0.795. The molecule has 1 heterocycles. The molecule has 5 heteroatoms. The predicted molar refractivity (Wildman–Crippen MR) is 111 cm³/mol. The second-order valence-corrected chi connectivity index (χ2v) is 6.63. The first-order valence-corrected chi connectivity index (χ1v) is 9.13. The highest BCUT2D eigenvalue weighted by Gasteiger charge is 2.09. The van der Waals surface area contributed by atoms with Gasteiger partial charge in [-0.05, 0) is 35.0 Å². The van der Waals surface area contributed by atoms with Crippen LogP contribution in [-0.4, -0.2) is 13.0 Å². The number of pyridine rings is 1. The SMILES string of the molecule is COc1ccc2cc(C(=O)Nc3cc[n+](Cc4ccccc4)cc3)ccc2c1.[Br-]. The summed E-state index contributed by atoms with van der Waals surface area (Å²) in [7, 11) is 1.65. The molecule has 0 bridgehead atoms. The van der Waals surface area contributed by atoms with E-state index in [9.17, 15) is 4.79 Å². The molecule has 0 aliphatic carbocycles. The molecule has 0 saturated heterocycles. The number of hydrogen-bond donors (Lipinski definition) is 1. The molecule has 1 N–H and O–H groups in total. The Hall–Kier alpha value is -3.18. The summed E-state index contributed by atoms with van der Waals surface area (Å²) in [5.74, 6) is 0.677. The van der Waals surface area contributed by atoms with E-state index in [-0.39, 0.29) is 22.9 Å². The van der Waals surface area contributed by atoms with Crippen molar-refractivity contribution in [1.82, 2.24) is 0 Å². The van der Waals surface area contributed by atoms with Gasteiger partial charge in [-0.2, -0.15) is 0 Å². The topological polar surface area (TPSA) is 42.2 Å². The molecule has 3 aromatic carbocycles. The van der Waals surface area contributed by atoms with Gasteiger partial charge in [0.1, 0.15) is 5.75 Å². The molecular formula is C24H21BrN2O2. The molecule has 0 aliphatic rings. The number of carbonyl (C=O) groups is 1. The number of halogens is 1. The van der Waals surface area contributed by atoms with Gasteiger partial charge in [0.2, 0.25) is 0 Å². The number of methoxy groups -OCH3 is 1. The first-order chi connectivity index (χ1) is 13.7. The van der Waals surface area contributed by atoms with Crippen LogP contribution < -0.4 is 31.6 Å². The van der Waals surface area contributed by atoms with Crippen molar-refractivity contribution < 1.29 is 31.1 Å².